The van der Waals surface area contributed by atoms with Crippen LogP contribution in [0.15, 0.2) is 0 Å². The third-order valence-electron chi connectivity index (χ3n) is 0. The van der Waals surface area contributed by atoms with Gasteiger partial charge >= 0.3 is 0 Å². The summed E-state index contributed by atoms with van der Waals surface area (Å²) in [7, 11) is 0. The molecule has 0 rings (SSSR count). The van der Waals surface area contributed by atoms with Crippen molar-refractivity contribution in [3.05, 3.63) is 6.57 Å². The molecule has 1 radical (unpaired) electrons. The maximum atomic E-state index is 6.25. The fraction of sp³-hybridized carbons (Fsp3) is 0. The van der Waals surface area contributed by atoms with Crippen LogP contribution in [0.5, 0.6) is 0 Å². The Morgan fingerprint density at radius 2 is 1.20 bits per heavy atom. The first-order valence-corrected chi connectivity index (χ1v) is 0.224. The molecule has 0 bridgehead atoms. The third-order valence-corrected chi connectivity index (χ3v) is 0. The number of hydrogen-bond donors (Lipinski definition) is 0. The van der Waals surface area contributed by atoms with Crippen molar-refractivity contribution in [2.24, 2.45) is 0 Å². The van der Waals surface area contributed by atoms with Crippen LogP contribution in [0.1, 0.15) is 0 Å². The molecule has 5 heavy (non-hydrogen) atoms. The van der Waals surface area contributed by atoms with Crippen LogP contribution in [-0.2, 0) is 65.2 Å². The maximum Gasteiger partial charge on any atom is 0 e. The van der Waals surface area contributed by atoms with Crippen molar-refractivity contribution in [1.82, 2.24) is 0 Å². The molecular weight excluding hydrogens is 263 g/mol. The van der Waals surface area contributed by atoms with Crippen molar-refractivity contribution >= 4 is 0 Å². The Balaban J connectivity index is -0.00000000167. The van der Waals surface area contributed by atoms with Gasteiger partial charge in [0.25, 0.3) is 0 Å². The average Bonchev–Trinajstić information content (AvgIpc) is 1.00. The van der Waals surface area contributed by atoms with Crippen LogP contribution < -0.4 is 0 Å². The summed E-state index contributed by atoms with van der Waals surface area (Å²) < 4.78 is 0. The van der Waals surface area contributed by atoms with Crippen molar-refractivity contribution < 1.29 is 65.2 Å². The van der Waals surface area contributed by atoms with Gasteiger partial charge < -0.3 is 11.8 Å². The van der Waals surface area contributed by atoms with Gasteiger partial charge in [-0.05, 0) is 0 Å². The van der Waals surface area contributed by atoms with Gasteiger partial charge in [-0.25, -0.2) is 0 Å². The molecule has 0 aliphatic heterocycles. The van der Waals surface area contributed by atoms with E-state index >= 15 is 0 Å². The molecule has 0 heterocycles. The Bertz CT molecular complexity index is 16.4. The van der Waals surface area contributed by atoms with Crippen LogP contribution >= 0.6 is 0 Å². The number of hydrogen-bond acceptors (Lipinski definition) is 1. The summed E-state index contributed by atoms with van der Waals surface area (Å²) in [5.41, 5.74) is 0. The standard InChI is InChI=1S/CN.Mo.Nb.Ti/c1-2;;;/q-1;;;. The molecule has 0 aromatic carbocycles. The van der Waals surface area contributed by atoms with Crippen LogP contribution in [-0.4, -0.2) is 0 Å². The van der Waals surface area contributed by atoms with E-state index in [0.29, 0.717) is 0 Å². The number of rotatable bonds is 0. The van der Waals surface area contributed by atoms with Gasteiger partial charge in [0.15, 0.2) is 0 Å². The van der Waals surface area contributed by atoms with Gasteiger partial charge in [-0.3, -0.25) is 0 Å². The van der Waals surface area contributed by atoms with Crippen molar-refractivity contribution in [2.45, 2.75) is 0 Å². The molecule has 0 aliphatic carbocycles. The van der Waals surface area contributed by atoms with Crippen LogP contribution in [0, 0.1) is 11.8 Å². The fourth-order valence-electron chi connectivity index (χ4n) is 0. The molecule has 0 aliphatic rings. The third kappa shape index (κ3) is 27.9. The van der Waals surface area contributed by atoms with E-state index < -0.39 is 0 Å². The van der Waals surface area contributed by atoms with E-state index in [1.165, 1.54) is 0 Å². The first-order valence-electron chi connectivity index (χ1n) is 0.224. The number of nitrogens with zero attached hydrogens (tertiary/aromatic N) is 1. The zero-order chi connectivity index (χ0) is 2.00. The Morgan fingerprint density at radius 1 is 1.20 bits per heavy atom. The monoisotopic (exact) mass is 265 g/mol. The van der Waals surface area contributed by atoms with Crippen LogP contribution in [0.2, 0.25) is 0 Å². The Labute approximate surface area is 76.2 Å². The summed E-state index contributed by atoms with van der Waals surface area (Å²) in [6, 6.07) is 0. The Morgan fingerprint density at radius 3 is 1.20 bits per heavy atom. The molecule has 4 heteroatoms. The minimum absolute atomic E-state index is 0. The zero-order valence-electron chi connectivity index (χ0n) is 2.30. The molecular formula is CMoNNbTi-. The Hall–Kier alpha value is 1.63. The quantitative estimate of drug-likeness (QED) is 0.448. The summed E-state index contributed by atoms with van der Waals surface area (Å²) in [4.78, 5) is 0. The molecule has 1 nitrogen and oxygen atoms in total. The van der Waals surface area contributed by atoms with Gasteiger partial charge in [0.1, 0.15) is 0 Å². The summed E-state index contributed by atoms with van der Waals surface area (Å²) in [5, 5.41) is 6.25. The van der Waals surface area contributed by atoms with Crippen molar-refractivity contribution in [1.29, 1.82) is 5.26 Å². The molecule has 0 saturated carbocycles. The van der Waals surface area contributed by atoms with Gasteiger partial charge in [-0.2, -0.15) is 0 Å². The molecule has 0 amide bonds. The minimum atomic E-state index is 0. The molecule has 0 fully saturated rings. The van der Waals surface area contributed by atoms with Crippen molar-refractivity contribution in [3.63, 3.8) is 0 Å². The second-order valence-corrected chi connectivity index (χ2v) is 0. The maximum absolute atomic E-state index is 6.25. The molecule has 0 spiro atoms. The van der Waals surface area contributed by atoms with E-state index in [0.717, 1.165) is 0 Å². The van der Waals surface area contributed by atoms with Crippen LogP contribution in [0.25, 0.3) is 0 Å². The predicted octanol–water partition coefficient (Wildman–Crippen LogP) is 0.0889. The van der Waals surface area contributed by atoms with E-state index in [2.05, 4.69) is 0 Å². The second-order valence-electron chi connectivity index (χ2n) is 0. The summed E-state index contributed by atoms with van der Waals surface area (Å²) in [6.07, 6.45) is 0. The molecule has 0 N–H and O–H groups in total. The predicted molar refractivity (Wildman–Crippen MR) is 4.97 cm³/mol. The minimum Gasteiger partial charge on any atom is -0.512 e. The molecule has 0 saturated heterocycles. The summed E-state index contributed by atoms with van der Waals surface area (Å²) in [5.74, 6) is 0. The normalized spacial score (nSPS) is 0.400. The molecule has 0 aromatic rings. The van der Waals surface area contributed by atoms with E-state index in [9.17, 15) is 0 Å². The first kappa shape index (κ1) is 30.4. The Kier molecular flexibility index (Phi) is 275. The first-order chi connectivity index (χ1) is 1.00. The topological polar surface area (TPSA) is 23.8 Å². The largest absolute Gasteiger partial charge is 0.512 e. The van der Waals surface area contributed by atoms with E-state index in [4.69, 9.17) is 11.8 Å². The average molecular weight is 263 g/mol. The smallest absolute Gasteiger partial charge is 0 e. The SMILES string of the molecule is [C-]#N.[Mo].[Nb].[Ti]. The van der Waals surface area contributed by atoms with Crippen LogP contribution in [0.3, 0.4) is 0 Å². The van der Waals surface area contributed by atoms with Gasteiger partial charge in [-0.15, -0.1) is 0 Å². The van der Waals surface area contributed by atoms with E-state index in [1.54, 1.807) is 0 Å². The van der Waals surface area contributed by atoms with Gasteiger partial charge in [0.2, 0.25) is 0 Å². The second kappa shape index (κ2) is 45.3. The van der Waals surface area contributed by atoms with Crippen molar-refractivity contribution in [3.8, 4) is 0 Å². The molecule has 0 unspecified atom stereocenters. The molecule has 0 aromatic heterocycles. The molecule has 0 atom stereocenters. The summed E-state index contributed by atoms with van der Waals surface area (Å²) in [6.45, 7) is 4.75. The van der Waals surface area contributed by atoms with Crippen molar-refractivity contribution in [2.75, 3.05) is 0 Å². The van der Waals surface area contributed by atoms with Gasteiger partial charge in [0.05, 0.1) is 0 Å². The van der Waals surface area contributed by atoms with E-state index in [1.807, 2.05) is 0 Å². The van der Waals surface area contributed by atoms with Gasteiger partial charge in [-0.1, -0.05) is 0 Å². The molecule has 25 valence electrons. The van der Waals surface area contributed by atoms with Crippen LogP contribution in [0.4, 0.5) is 0 Å². The summed E-state index contributed by atoms with van der Waals surface area (Å²) >= 11 is 0. The zero-order valence-corrected chi connectivity index (χ0v) is 8.07. The fourth-order valence-corrected chi connectivity index (χ4v) is 0. The van der Waals surface area contributed by atoms with E-state index in [-0.39, 0.29) is 65.2 Å². The van der Waals surface area contributed by atoms with Gasteiger partial charge in [0, 0.05) is 65.2 Å².